The van der Waals surface area contributed by atoms with Crippen LogP contribution in [-0.2, 0) is 0 Å². The molecule has 0 spiro atoms. The minimum Gasteiger partial charge on any atom is -0.475 e. The van der Waals surface area contributed by atoms with E-state index in [-0.39, 0.29) is 23.2 Å². The van der Waals surface area contributed by atoms with Gasteiger partial charge in [0.05, 0.1) is 6.54 Å². The molecule has 26 heavy (non-hydrogen) atoms. The molecule has 130 valence electrons. The quantitative estimate of drug-likeness (QED) is 0.751. The first-order valence-electron chi connectivity index (χ1n) is 8.05. The third kappa shape index (κ3) is 2.84. The molecular formula is C19H15ClN4O2. The Bertz CT molecular complexity index is 976. The standard InChI is InChI=1S/C19H15ClN4O2/c20-15-4-2-1-3-14(15)12-5-7-13(8-6-12)24-9-10-26-18-16(19(24)25)17(21)22-11-23-18/h1-8,11H,9-10H2,(H2,21,22,23). The van der Waals surface area contributed by atoms with Crippen LogP contribution < -0.4 is 15.4 Å². The van der Waals surface area contributed by atoms with Gasteiger partial charge in [-0.1, -0.05) is 41.9 Å². The Morgan fingerprint density at radius 1 is 1.08 bits per heavy atom. The number of fused-ring (bicyclic) bond motifs is 1. The van der Waals surface area contributed by atoms with E-state index in [4.69, 9.17) is 22.1 Å². The lowest BCUT2D eigenvalue weighted by molar-refractivity contribution is 0.0990. The topological polar surface area (TPSA) is 81.3 Å². The Labute approximate surface area is 155 Å². The molecule has 1 aromatic heterocycles. The molecule has 0 unspecified atom stereocenters. The zero-order valence-electron chi connectivity index (χ0n) is 13.7. The summed E-state index contributed by atoms with van der Waals surface area (Å²) in [5.74, 6) is 0.0540. The van der Waals surface area contributed by atoms with Crippen molar-refractivity contribution in [1.82, 2.24) is 9.97 Å². The minimum atomic E-state index is -0.277. The number of rotatable bonds is 2. The molecule has 2 N–H and O–H groups in total. The van der Waals surface area contributed by atoms with Gasteiger partial charge in [-0.15, -0.1) is 0 Å². The largest absolute Gasteiger partial charge is 0.475 e. The molecule has 1 amide bonds. The Balaban J connectivity index is 1.69. The Morgan fingerprint density at radius 3 is 2.62 bits per heavy atom. The number of hydrogen-bond acceptors (Lipinski definition) is 5. The Hall–Kier alpha value is -3.12. The summed E-state index contributed by atoms with van der Waals surface area (Å²) >= 11 is 6.26. The highest BCUT2D eigenvalue weighted by Gasteiger charge is 2.28. The SMILES string of the molecule is Nc1ncnc2c1C(=O)N(c1ccc(-c3ccccc3Cl)cc1)CCO2. The van der Waals surface area contributed by atoms with Gasteiger partial charge in [-0.25, -0.2) is 9.97 Å². The van der Waals surface area contributed by atoms with Gasteiger partial charge in [-0.3, -0.25) is 4.79 Å². The number of carbonyl (C=O) groups excluding carboxylic acids is 1. The van der Waals surface area contributed by atoms with Crippen LogP contribution in [-0.4, -0.2) is 29.0 Å². The molecule has 0 saturated carbocycles. The number of anilines is 2. The van der Waals surface area contributed by atoms with Gasteiger partial charge in [-0.05, 0) is 23.8 Å². The minimum absolute atomic E-state index is 0.111. The van der Waals surface area contributed by atoms with Gasteiger partial charge in [0.25, 0.3) is 5.91 Å². The zero-order valence-corrected chi connectivity index (χ0v) is 14.5. The van der Waals surface area contributed by atoms with Gasteiger partial charge >= 0.3 is 0 Å². The summed E-state index contributed by atoms with van der Waals surface area (Å²) in [4.78, 5) is 22.5. The smallest absolute Gasteiger partial charge is 0.267 e. The summed E-state index contributed by atoms with van der Waals surface area (Å²) in [6.45, 7) is 0.710. The highest BCUT2D eigenvalue weighted by Crippen LogP contribution is 2.31. The second-order valence-corrected chi connectivity index (χ2v) is 6.18. The molecule has 0 fully saturated rings. The summed E-state index contributed by atoms with van der Waals surface area (Å²) in [5.41, 5.74) is 8.71. The van der Waals surface area contributed by atoms with Crippen molar-refractivity contribution >= 4 is 29.0 Å². The van der Waals surface area contributed by atoms with Crippen LogP contribution in [0, 0.1) is 0 Å². The number of nitrogen functional groups attached to an aromatic ring is 1. The van der Waals surface area contributed by atoms with Crippen molar-refractivity contribution in [3.05, 3.63) is 65.4 Å². The van der Waals surface area contributed by atoms with E-state index in [1.165, 1.54) is 6.33 Å². The van der Waals surface area contributed by atoms with Crippen molar-refractivity contribution in [1.29, 1.82) is 0 Å². The Morgan fingerprint density at radius 2 is 1.85 bits per heavy atom. The third-order valence-electron chi connectivity index (χ3n) is 4.22. The number of nitrogens with zero attached hydrogens (tertiary/aromatic N) is 3. The van der Waals surface area contributed by atoms with Gasteiger partial charge in [0.15, 0.2) is 0 Å². The number of amides is 1. The predicted molar refractivity (Wildman–Crippen MR) is 101 cm³/mol. The third-order valence-corrected chi connectivity index (χ3v) is 4.55. The first-order chi connectivity index (χ1) is 12.6. The van der Waals surface area contributed by atoms with Crippen LogP contribution in [0.1, 0.15) is 10.4 Å². The molecule has 2 aromatic carbocycles. The summed E-state index contributed by atoms with van der Waals surface area (Å²) in [5, 5.41) is 0.679. The maximum Gasteiger partial charge on any atom is 0.267 e. The van der Waals surface area contributed by atoms with E-state index in [2.05, 4.69) is 9.97 Å². The monoisotopic (exact) mass is 366 g/mol. The van der Waals surface area contributed by atoms with E-state index in [9.17, 15) is 4.79 Å². The number of hydrogen-bond donors (Lipinski definition) is 1. The van der Waals surface area contributed by atoms with E-state index in [1.54, 1.807) is 4.90 Å². The summed E-state index contributed by atoms with van der Waals surface area (Å²) in [7, 11) is 0. The number of ether oxygens (including phenoxy) is 1. The predicted octanol–water partition coefficient (Wildman–Crippen LogP) is 3.42. The molecule has 4 rings (SSSR count). The molecular weight excluding hydrogens is 352 g/mol. The van der Waals surface area contributed by atoms with Crippen LogP contribution in [0.3, 0.4) is 0 Å². The number of benzene rings is 2. The van der Waals surface area contributed by atoms with Gasteiger partial charge in [0.2, 0.25) is 5.88 Å². The average Bonchev–Trinajstić information content (AvgIpc) is 2.82. The molecule has 6 nitrogen and oxygen atoms in total. The first-order valence-corrected chi connectivity index (χ1v) is 8.43. The van der Waals surface area contributed by atoms with Crippen LogP contribution in [0.5, 0.6) is 5.88 Å². The van der Waals surface area contributed by atoms with Gasteiger partial charge in [0, 0.05) is 16.3 Å². The van der Waals surface area contributed by atoms with Crippen molar-refractivity contribution < 1.29 is 9.53 Å². The average molecular weight is 367 g/mol. The van der Waals surface area contributed by atoms with E-state index < -0.39 is 0 Å². The highest BCUT2D eigenvalue weighted by atomic mass is 35.5. The number of aromatic nitrogens is 2. The lowest BCUT2D eigenvalue weighted by Crippen LogP contribution is -2.32. The molecule has 0 aliphatic carbocycles. The van der Waals surface area contributed by atoms with E-state index in [0.717, 1.165) is 16.8 Å². The molecule has 0 atom stereocenters. The van der Waals surface area contributed by atoms with Crippen molar-refractivity contribution in [3.63, 3.8) is 0 Å². The van der Waals surface area contributed by atoms with Crippen molar-refractivity contribution in [2.24, 2.45) is 0 Å². The fraction of sp³-hybridized carbons (Fsp3) is 0.105. The molecule has 1 aliphatic heterocycles. The van der Waals surface area contributed by atoms with Crippen LogP contribution >= 0.6 is 11.6 Å². The maximum atomic E-state index is 12.9. The molecule has 3 aromatic rings. The molecule has 2 heterocycles. The fourth-order valence-corrected chi connectivity index (χ4v) is 3.17. The van der Waals surface area contributed by atoms with Crippen LogP contribution in [0.4, 0.5) is 11.5 Å². The molecule has 1 aliphatic rings. The number of carbonyl (C=O) groups is 1. The Kier molecular flexibility index (Phi) is 4.18. The number of halogens is 1. The normalized spacial score (nSPS) is 13.7. The van der Waals surface area contributed by atoms with E-state index in [1.807, 2.05) is 48.5 Å². The molecule has 0 radical (unpaired) electrons. The second-order valence-electron chi connectivity index (χ2n) is 5.77. The summed E-state index contributed by atoms with van der Waals surface area (Å²) < 4.78 is 5.55. The van der Waals surface area contributed by atoms with Crippen LogP contribution in [0.25, 0.3) is 11.1 Å². The molecule has 0 saturated heterocycles. The summed E-state index contributed by atoms with van der Waals surface area (Å²) in [6, 6.07) is 15.2. The molecule has 7 heteroatoms. The summed E-state index contributed by atoms with van der Waals surface area (Å²) in [6.07, 6.45) is 1.29. The fourth-order valence-electron chi connectivity index (χ4n) is 2.93. The molecule has 0 bridgehead atoms. The second kappa shape index (κ2) is 6.65. The zero-order chi connectivity index (χ0) is 18.1. The van der Waals surface area contributed by atoms with Crippen LogP contribution in [0.15, 0.2) is 54.9 Å². The van der Waals surface area contributed by atoms with Gasteiger partial charge in [-0.2, -0.15) is 0 Å². The first kappa shape index (κ1) is 16.4. The van der Waals surface area contributed by atoms with E-state index in [0.29, 0.717) is 18.2 Å². The van der Waals surface area contributed by atoms with Gasteiger partial charge in [0.1, 0.15) is 24.3 Å². The van der Waals surface area contributed by atoms with E-state index >= 15 is 0 Å². The highest BCUT2D eigenvalue weighted by molar-refractivity contribution is 6.33. The van der Waals surface area contributed by atoms with Crippen molar-refractivity contribution in [2.75, 3.05) is 23.8 Å². The lowest BCUT2D eigenvalue weighted by atomic mass is 10.0. The van der Waals surface area contributed by atoms with Gasteiger partial charge < -0.3 is 15.4 Å². The van der Waals surface area contributed by atoms with Crippen molar-refractivity contribution in [3.8, 4) is 17.0 Å². The maximum absolute atomic E-state index is 12.9. The van der Waals surface area contributed by atoms with Crippen molar-refractivity contribution in [2.45, 2.75) is 0 Å². The lowest BCUT2D eigenvalue weighted by Gasteiger charge is -2.20. The van der Waals surface area contributed by atoms with Crippen LogP contribution in [0.2, 0.25) is 5.02 Å². The number of nitrogens with two attached hydrogens (primary N) is 1.